The smallest absolute Gasteiger partial charge is 0.416 e. The summed E-state index contributed by atoms with van der Waals surface area (Å²) in [6, 6.07) is 20.9. The highest BCUT2D eigenvalue weighted by molar-refractivity contribution is 5.96. The van der Waals surface area contributed by atoms with Crippen LogP contribution in [0.4, 0.5) is 13.2 Å². The van der Waals surface area contributed by atoms with Crippen molar-refractivity contribution in [2.45, 2.75) is 12.3 Å². The van der Waals surface area contributed by atoms with Gasteiger partial charge in [0.1, 0.15) is 18.5 Å². The molecular weight excluding hydrogens is 449 g/mol. The molecule has 2 amide bonds. The van der Waals surface area contributed by atoms with Crippen molar-refractivity contribution in [1.29, 1.82) is 0 Å². The molecule has 178 valence electrons. The molecule has 6 nitrogen and oxygen atoms in total. The zero-order valence-corrected chi connectivity index (χ0v) is 18.0. The lowest BCUT2D eigenvalue weighted by atomic mass is 10.0. The summed E-state index contributed by atoms with van der Waals surface area (Å²) in [4.78, 5) is 24.2. The van der Waals surface area contributed by atoms with Gasteiger partial charge in [0.15, 0.2) is 0 Å². The normalized spacial score (nSPS) is 12.0. The second-order valence-corrected chi connectivity index (χ2v) is 7.42. The van der Waals surface area contributed by atoms with Crippen molar-refractivity contribution in [3.8, 4) is 16.9 Å². The summed E-state index contributed by atoms with van der Waals surface area (Å²) in [5.74, 6) is -1.01. The van der Waals surface area contributed by atoms with Crippen LogP contribution >= 0.6 is 0 Å². The molecule has 3 aromatic carbocycles. The number of alkyl halides is 3. The Bertz CT molecular complexity index is 1100. The number of ether oxygens (including phenoxy) is 1. The summed E-state index contributed by atoms with van der Waals surface area (Å²) in [5, 5.41) is 14.8. The van der Waals surface area contributed by atoms with E-state index in [9.17, 15) is 27.9 Å². The lowest BCUT2D eigenvalue weighted by Gasteiger charge is -2.14. The van der Waals surface area contributed by atoms with E-state index >= 15 is 0 Å². The molecule has 0 spiro atoms. The molecule has 0 fully saturated rings. The van der Waals surface area contributed by atoms with Crippen molar-refractivity contribution in [1.82, 2.24) is 10.6 Å². The van der Waals surface area contributed by atoms with Gasteiger partial charge in [0.25, 0.3) is 5.91 Å². The predicted molar refractivity (Wildman–Crippen MR) is 120 cm³/mol. The number of aliphatic hydroxyl groups is 1. The molecule has 9 heteroatoms. The fourth-order valence-corrected chi connectivity index (χ4v) is 3.01. The Balaban J connectivity index is 1.39. The van der Waals surface area contributed by atoms with Crippen molar-refractivity contribution in [3.63, 3.8) is 0 Å². The Hall–Kier alpha value is -3.85. The number of halogens is 3. The van der Waals surface area contributed by atoms with Gasteiger partial charge in [0, 0.05) is 12.1 Å². The second kappa shape index (κ2) is 11.3. The SMILES string of the molecule is O=C(CNC(=O)c1ccc(-c2ccccc2)cc1)NCC(O)COc1cccc(C(F)(F)F)c1. The quantitative estimate of drug-likeness (QED) is 0.444. The number of nitrogens with one attached hydrogen (secondary N) is 2. The van der Waals surface area contributed by atoms with Gasteiger partial charge in [0.05, 0.1) is 12.1 Å². The maximum absolute atomic E-state index is 12.7. The highest BCUT2D eigenvalue weighted by atomic mass is 19.4. The van der Waals surface area contributed by atoms with Crippen molar-refractivity contribution >= 4 is 11.8 Å². The van der Waals surface area contributed by atoms with E-state index in [1.807, 2.05) is 42.5 Å². The number of rotatable bonds is 9. The van der Waals surface area contributed by atoms with Crippen molar-refractivity contribution in [2.75, 3.05) is 19.7 Å². The first-order valence-corrected chi connectivity index (χ1v) is 10.4. The Morgan fingerprint density at radius 1 is 0.882 bits per heavy atom. The van der Waals surface area contributed by atoms with Crippen LogP contribution in [0.2, 0.25) is 0 Å². The molecule has 0 bridgehead atoms. The third-order valence-corrected chi connectivity index (χ3v) is 4.80. The van der Waals surface area contributed by atoms with Gasteiger partial charge in [-0.15, -0.1) is 0 Å². The molecule has 3 aromatic rings. The molecule has 34 heavy (non-hydrogen) atoms. The molecule has 0 aromatic heterocycles. The number of benzene rings is 3. The minimum atomic E-state index is -4.50. The van der Waals surface area contributed by atoms with Crippen LogP contribution in [0.3, 0.4) is 0 Å². The monoisotopic (exact) mass is 472 g/mol. The molecule has 0 aliphatic carbocycles. The first-order chi connectivity index (χ1) is 16.2. The fourth-order valence-electron chi connectivity index (χ4n) is 3.01. The van der Waals surface area contributed by atoms with E-state index in [1.165, 1.54) is 12.1 Å². The van der Waals surface area contributed by atoms with Gasteiger partial charge in [-0.2, -0.15) is 13.2 Å². The molecule has 0 saturated heterocycles. The van der Waals surface area contributed by atoms with Crippen LogP contribution in [0.1, 0.15) is 15.9 Å². The second-order valence-electron chi connectivity index (χ2n) is 7.42. The first kappa shape index (κ1) is 24.8. The standard InChI is InChI=1S/C25H23F3N2O4/c26-25(27,28)20-7-4-8-22(13-20)34-16-21(31)14-29-23(32)15-30-24(33)19-11-9-18(10-12-19)17-5-2-1-3-6-17/h1-13,21,31H,14-16H2,(H,29,32)(H,30,33). The summed E-state index contributed by atoms with van der Waals surface area (Å²) in [7, 11) is 0. The molecule has 0 heterocycles. The van der Waals surface area contributed by atoms with Gasteiger partial charge in [-0.05, 0) is 41.5 Å². The van der Waals surface area contributed by atoms with Gasteiger partial charge in [-0.25, -0.2) is 0 Å². The van der Waals surface area contributed by atoms with Crippen molar-refractivity contribution in [2.24, 2.45) is 0 Å². The van der Waals surface area contributed by atoms with Crippen LogP contribution in [-0.2, 0) is 11.0 Å². The molecular formula is C25H23F3N2O4. The van der Waals surface area contributed by atoms with Gasteiger partial charge in [-0.3, -0.25) is 9.59 Å². The Morgan fingerprint density at radius 2 is 1.56 bits per heavy atom. The van der Waals surface area contributed by atoms with Crippen molar-refractivity contribution in [3.05, 3.63) is 90.0 Å². The molecule has 3 N–H and O–H groups in total. The van der Waals surface area contributed by atoms with Crippen LogP contribution in [0, 0.1) is 0 Å². The van der Waals surface area contributed by atoms with E-state index in [2.05, 4.69) is 10.6 Å². The average molecular weight is 472 g/mol. The topological polar surface area (TPSA) is 87.7 Å². The van der Waals surface area contributed by atoms with Gasteiger partial charge in [-0.1, -0.05) is 48.5 Å². The Labute approximate surface area is 194 Å². The Morgan fingerprint density at radius 3 is 2.24 bits per heavy atom. The number of carbonyl (C=O) groups excluding carboxylic acids is 2. The fraction of sp³-hybridized carbons (Fsp3) is 0.200. The number of hydrogen-bond acceptors (Lipinski definition) is 4. The summed E-state index contributed by atoms with van der Waals surface area (Å²) < 4.78 is 43.3. The minimum Gasteiger partial charge on any atom is -0.491 e. The molecule has 0 aliphatic heterocycles. The summed E-state index contributed by atoms with van der Waals surface area (Å²) >= 11 is 0. The van der Waals surface area contributed by atoms with E-state index in [-0.39, 0.29) is 25.4 Å². The number of carbonyl (C=O) groups is 2. The lowest BCUT2D eigenvalue weighted by Crippen LogP contribution is -2.41. The van der Waals surface area contributed by atoms with E-state index in [4.69, 9.17) is 4.74 Å². The average Bonchev–Trinajstić information content (AvgIpc) is 2.85. The van der Waals surface area contributed by atoms with Gasteiger partial charge < -0.3 is 20.5 Å². The van der Waals surface area contributed by atoms with Gasteiger partial charge >= 0.3 is 6.18 Å². The van der Waals surface area contributed by atoms with Crippen LogP contribution in [0.25, 0.3) is 11.1 Å². The molecule has 0 aliphatic rings. The highest BCUT2D eigenvalue weighted by Gasteiger charge is 2.30. The van der Waals surface area contributed by atoms with E-state index in [0.717, 1.165) is 23.3 Å². The van der Waals surface area contributed by atoms with Crippen molar-refractivity contribution < 1.29 is 32.6 Å². The number of aliphatic hydroxyl groups excluding tert-OH is 1. The van der Waals surface area contributed by atoms with Crippen LogP contribution in [0.15, 0.2) is 78.9 Å². The Kier molecular flexibility index (Phi) is 8.26. The lowest BCUT2D eigenvalue weighted by molar-refractivity contribution is -0.137. The predicted octanol–water partition coefficient (Wildman–Crippen LogP) is 3.66. The largest absolute Gasteiger partial charge is 0.491 e. The third kappa shape index (κ3) is 7.35. The molecule has 3 rings (SSSR count). The van der Waals surface area contributed by atoms with Gasteiger partial charge in [0.2, 0.25) is 5.91 Å². The molecule has 1 atom stereocenters. The van der Waals surface area contributed by atoms with E-state index in [0.29, 0.717) is 5.56 Å². The first-order valence-electron chi connectivity index (χ1n) is 10.4. The van der Waals surface area contributed by atoms with E-state index < -0.39 is 29.7 Å². The maximum atomic E-state index is 12.7. The number of amides is 2. The van der Waals surface area contributed by atoms with Crippen LogP contribution in [0.5, 0.6) is 5.75 Å². The number of hydrogen-bond donors (Lipinski definition) is 3. The summed E-state index contributed by atoms with van der Waals surface area (Å²) in [6.07, 6.45) is -5.65. The minimum absolute atomic E-state index is 0.0502. The van der Waals surface area contributed by atoms with E-state index in [1.54, 1.807) is 12.1 Å². The molecule has 0 saturated carbocycles. The third-order valence-electron chi connectivity index (χ3n) is 4.80. The maximum Gasteiger partial charge on any atom is 0.416 e. The molecule has 1 unspecified atom stereocenters. The van der Waals surface area contributed by atoms with Crippen LogP contribution in [-0.4, -0.2) is 42.7 Å². The summed E-state index contributed by atoms with van der Waals surface area (Å²) in [6.45, 7) is -0.818. The molecule has 0 radical (unpaired) electrons. The highest BCUT2D eigenvalue weighted by Crippen LogP contribution is 2.31. The summed E-state index contributed by atoms with van der Waals surface area (Å²) in [5.41, 5.74) is 1.50. The zero-order chi connectivity index (χ0) is 24.6. The van der Waals surface area contributed by atoms with Crippen LogP contribution < -0.4 is 15.4 Å². The zero-order valence-electron chi connectivity index (χ0n) is 18.0.